The highest BCUT2D eigenvalue weighted by molar-refractivity contribution is 5.75. The van der Waals surface area contributed by atoms with Crippen molar-refractivity contribution in [2.45, 2.75) is 26.4 Å². The maximum absolute atomic E-state index is 11.5. The van der Waals surface area contributed by atoms with Crippen LogP contribution in [0.5, 0.6) is 11.5 Å². The summed E-state index contributed by atoms with van der Waals surface area (Å²) in [5.74, 6) is 1.29. The molecule has 1 unspecified atom stereocenters. The Bertz CT molecular complexity index is 447. The Morgan fingerprint density at radius 2 is 2.11 bits per heavy atom. The van der Waals surface area contributed by atoms with E-state index in [0.29, 0.717) is 26.4 Å². The van der Waals surface area contributed by atoms with Crippen molar-refractivity contribution in [2.24, 2.45) is 0 Å². The van der Waals surface area contributed by atoms with Gasteiger partial charge in [0.1, 0.15) is 19.3 Å². The average molecular weight is 265 g/mol. The van der Waals surface area contributed by atoms with Crippen molar-refractivity contribution in [3.8, 4) is 11.5 Å². The molecular formula is C14H19NO4. The van der Waals surface area contributed by atoms with Crippen LogP contribution in [0.3, 0.4) is 0 Å². The molecule has 1 heterocycles. The highest BCUT2D eigenvalue weighted by Gasteiger charge is 2.15. The first kappa shape index (κ1) is 13.7. The van der Waals surface area contributed by atoms with Crippen molar-refractivity contribution in [3.63, 3.8) is 0 Å². The van der Waals surface area contributed by atoms with Gasteiger partial charge in [0, 0.05) is 6.54 Å². The summed E-state index contributed by atoms with van der Waals surface area (Å²) >= 11 is 0. The molecule has 19 heavy (non-hydrogen) atoms. The molecular weight excluding hydrogens is 246 g/mol. The maximum atomic E-state index is 11.5. The lowest BCUT2D eigenvalue weighted by Crippen LogP contribution is -2.34. The molecule has 0 radical (unpaired) electrons. The molecule has 104 valence electrons. The van der Waals surface area contributed by atoms with Crippen molar-refractivity contribution in [1.29, 1.82) is 0 Å². The molecule has 1 aliphatic heterocycles. The molecule has 0 fully saturated rings. The summed E-state index contributed by atoms with van der Waals surface area (Å²) in [5.41, 5.74) is 1.04. The molecule has 1 aromatic carbocycles. The van der Waals surface area contributed by atoms with Crippen LogP contribution in [0, 0.1) is 0 Å². The van der Waals surface area contributed by atoms with Crippen molar-refractivity contribution in [2.75, 3.05) is 19.8 Å². The third-order valence-corrected chi connectivity index (χ3v) is 2.86. The Hall–Kier alpha value is -1.75. The number of fused-ring (bicyclic) bond motifs is 1. The first-order chi connectivity index (χ1) is 9.20. The normalized spacial score (nSPS) is 14.8. The fourth-order valence-electron chi connectivity index (χ4n) is 1.82. The average Bonchev–Trinajstić information content (AvgIpc) is 2.44. The van der Waals surface area contributed by atoms with Gasteiger partial charge >= 0.3 is 5.97 Å². The number of ether oxygens (including phenoxy) is 3. The lowest BCUT2D eigenvalue weighted by Gasteiger charge is -2.19. The fraction of sp³-hybridized carbons (Fsp3) is 0.500. The van der Waals surface area contributed by atoms with Gasteiger partial charge in [0.15, 0.2) is 11.5 Å². The second-order valence-corrected chi connectivity index (χ2v) is 4.33. The van der Waals surface area contributed by atoms with Gasteiger partial charge in [-0.25, -0.2) is 0 Å². The monoisotopic (exact) mass is 265 g/mol. The van der Waals surface area contributed by atoms with Crippen molar-refractivity contribution in [3.05, 3.63) is 23.8 Å². The van der Waals surface area contributed by atoms with E-state index in [0.717, 1.165) is 17.1 Å². The Morgan fingerprint density at radius 3 is 2.84 bits per heavy atom. The van der Waals surface area contributed by atoms with Gasteiger partial charge in [-0.2, -0.15) is 0 Å². The molecule has 0 bridgehead atoms. The highest BCUT2D eigenvalue weighted by atomic mass is 16.6. The van der Waals surface area contributed by atoms with E-state index in [4.69, 9.17) is 14.2 Å². The molecule has 2 rings (SSSR count). The first-order valence-electron chi connectivity index (χ1n) is 6.49. The zero-order chi connectivity index (χ0) is 13.7. The smallest absolute Gasteiger partial charge is 0.322 e. The zero-order valence-corrected chi connectivity index (χ0v) is 11.3. The summed E-state index contributed by atoms with van der Waals surface area (Å²) in [6.07, 6.45) is 0. The molecule has 1 aromatic rings. The lowest BCUT2D eigenvalue weighted by atomic mass is 10.2. The van der Waals surface area contributed by atoms with E-state index in [9.17, 15) is 4.79 Å². The molecule has 0 saturated heterocycles. The minimum absolute atomic E-state index is 0.236. The second kappa shape index (κ2) is 6.43. The summed E-state index contributed by atoms with van der Waals surface area (Å²) < 4.78 is 15.9. The SMILES string of the molecule is CCOC(=O)C(C)NCc1ccc2c(c1)OCCO2. The van der Waals surface area contributed by atoms with Gasteiger partial charge in [-0.1, -0.05) is 6.07 Å². The Labute approximate surface area is 112 Å². The largest absolute Gasteiger partial charge is 0.486 e. The number of hydrogen-bond donors (Lipinski definition) is 1. The minimum atomic E-state index is -0.326. The Balaban J connectivity index is 1.91. The van der Waals surface area contributed by atoms with Crippen molar-refractivity contribution in [1.82, 2.24) is 5.32 Å². The van der Waals surface area contributed by atoms with E-state index in [2.05, 4.69) is 5.32 Å². The molecule has 0 aliphatic carbocycles. The van der Waals surface area contributed by atoms with Crippen LogP contribution in [0.2, 0.25) is 0 Å². The molecule has 0 saturated carbocycles. The van der Waals surface area contributed by atoms with Crippen LogP contribution in [0.25, 0.3) is 0 Å². The maximum Gasteiger partial charge on any atom is 0.322 e. The van der Waals surface area contributed by atoms with Crippen LogP contribution >= 0.6 is 0 Å². The van der Waals surface area contributed by atoms with Gasteiger partial charge in [-0.3, -0.25) is 4.79 Å². The van der Waals surface area contributed by atoms with Gasteiger partial charge in [0.25, 0.3) is 0 Å². The van der Waals surface area contributed by atoms with Crippen LogP contribution < -0.4 is 14.8 Å². The zero-order valence-electron chi connectivity index (χ0n) is 11.3. The number of benzene rings is 1. The third kappa shape index (κ3) is 3.61. The summed E-state index contributed by atoms with van der Waals surface area (Å²) in [7, 11) is 0. The molecule has 5 nitrogen and oxygen atoms in total. The van der Waals surface area contributed by atoms with E-state index in [1.165, 1.54) is 0 Å². The van der Waals surface area contributed by atoms with E-state index in [-0.39, 0.29) is 12.0 Å². The fourth-order valence-corrected chi connectivity index (χ4v) is 1.82. The molecule has 5 heteroatoms. The van der Waals surface area contributed by atoms with Gasteiger partial charge in [0.05, 0.1) is 6.61 Å². The quantitative estimate of drug-likeness (QED) is 0.818. The minimum Gasteiger partial charge on any atom is -0.486 e. The predicted molar refractivity (Wildman–Crippen MR) is 70.4 cm³/mol. The summed E-state index contributed by atoms with van der Waals surface area (Å²) in [6, 6.07) is 5.45. The van der Waals surface area contributed by atoms with E-state index >= 15 is 0 Å². The van der Waals surface area contributed by atoms with Crippen molar-refractivity contribution < 1.29 is 19.0 Å². The number of esters is 1. The molecule has 0 spiro atoms. The molecule has 0 amide bonds. The summed E-state index contributed by atoms with van der Waals surface area (Å²) in [5, 5.41) is 3.12. The number of carbonyl (C=O) groups excluding carboxylic acids is 1. The highest BCUT2D eigenvalue weighted by Crippen LogP contribution is 2.30. The standard InChI is InChI=1S/C14H19NO4/c1-3-17-14(16)10(2)15-9-11-4-5-12-13(8-11)19-7-6-18-12/h4-5,8,10,15H,3,6-7,9H2,1-2H3. The van der Waals surface area contributed by atoms with E-state index in [1.54, 1.807) is 13.8 Å². The summed E-state index contributed by atoms with van der Waals surface area (Å²) in [6.45, 7) is 5.72. The Morgan fingerprint density at radius 1 is 1.37 bits per heavy atom. The molecule has 0 aromatic heterocycles. The summed E-state index contributed by atoms with van der Waals surface area (Å²) in [4.78, 5) is 11.5. The van der Waals surface area contributed by atoms with Crippen LogP contribution in [-0.4, -0.2) is 31.8 Å². The topological polar surface area (TPSA) is 56.8 Å². The van der Waals surface area contributed by atoms with Crippen LogP contribution in [-0.2, 0) is 16.1 Å². The number of rotatable bonds is 5. The third-order valence-electron chi connectivity index (χ3n) is 2.86. The predicted octanol–water partition coefficient (Wildman–Crippen LogP) is 1.50. The number of hydrogen-bond acceptors (Lipinski definition) is 5. The molecule has 1 aliphatic rings. The Kier molecular flexibility index (Phi) is 4.63. The van der Waals surface area contributed by atoms with Gasteiger partial charge in [-0.05, 0) is 31.5 Å². The first-order valence-corrected chi connectivity index (χ1v) is 6.49. The lowest BCUT2D eigenvalue weighted by molar-refractivity contribution is -0.145. The molecule has 1 N–H and O–H groups in total. The van der Waals surface area contributed by atoms with Crippen LogP contribution in [0.1, 0.15) is 19.4 Å². The van der Waals surface area contributed by atoms with Crippen LogP contribution in [0.15, 0.2) is 18.2 Å². The van der Waals surface area contributed by atoms with Gasteiger partial charge in [-0.15, -0.1) is 0 Å². The van der Waals surface area contributed by atoms with E-state index in [1.807, 2.05) is 18.2 Å². The van der Waals surface area contributed by atoms with Crippen molar-refractivity contribution >= 4 is 5.97 Å². The van der Waals surface area contributed by atoms with Gasteiger partial charge < -0.3 is 19.5 Å². The van der Waals surface area contributed by atoms with Crippen LogP contribution in [0.4, 0.5) is 0 Å². The molecule has 1 atom stereocenters. The number of carbonyl (C=O) groups is 1. The van der Waals surface area contributed by atoms with E-state index < -0.39 is 0 Å². The second-order valence-electron chi connectivity index (χ2n) is 4.33. The number of nitrogens with one attached hydrogen (secondary N) is 1. The van der Waals surface area contributed by atoms with Gasteiger partial charge in [0.2, 0.25) is 0 Å².